The van der Waals surface area contributed by atoms with Crippen LogP contribution in [0.15, 0.2) is 91.0 Å². The smallest absolute Gasteiger partial charge is 0.338 e. The summed E-state index contributed by atoms with van der Waals surface area (Å²) in [4.78, 5) is 24.9. The Kier molecular flexibility index (Phi) is 11.0. The van der Waals surface area contributed by atoms with Crippen molar-refractivity contribution in [2.45, 2.75) is 56.9 Å². The van der Waals surface area contributed by atoms with Crippen molar-refractivity contribution in [2.24, 2.45) is 0 Å². The van der Waals surface area contributed by atoms with Crippen LogP contribution in [-0.4, -0.2) is 54.2 Å². The van der Waals surface area contributed by atoms with Crippen LogP contribution in [0.2, 0.25) is 0 Å². The minimum absolute atomic E-state index is 0.0138. The van der Waals surface area contributed by atoms with Gasteiger partial charge < -0.3 is 23.7 Å². The molecule has 0 amide bonds. The lowest BCUT2D eigenvalue weighted by atomic mass is 9.98. The summed E-state index contributed by atoms with van der Waals surface area (Å²) in [7, 11) is 0. The van der Waals surface area contributed by atoms with E-state index in [1.54, 1.807) is 24.3 Å². The van der Waals surface area contributed by atoms with E-state index in [9.17, 15) is 9.59 Å². The molecule has 1 aliphatic heterocycles. The zero-order chi connectivity index (χ0) is 27.5. The third kappa shape index (κ3) is 8.41. The lowest BCUT2D eigenvalue weighted by molar-refractivity contribution is -0.241. The number of carbonyl (C=O) groups excluding carboxylic acids is 2. The van der Waals surface area contributed by atoms with Crippen molar-refractivity contribution in [1.82, 2.24) is 0 Å². The zero-order valence-corrected chi connectivity index (χ0v) is 23.0. The SMILES string of the molecule is CCS[C@@H]1O[C@H](COC(C)=O)[C@@H](OCc2ccccc2)[C@H](OCc2ccccc2)[C@H]1OC(=O)c1ccccc1. The number of hydrogen-bond donors (Lipinski definition) is 0. The standard InChI is InChI=1S/C31H34O7S/c1-3-39-31-29(38-30(33)25-17-11-6-12-18-25)28(36-20-24-15-9-5-10-16-24)27(26(37-31)21-34-22(2)32)35-19-23-13-7-4-8-14-23/h4-18,26-29,31H,3,19-21H2,1-2H3/t26-,27-,28+,29-,31+/m1/s1. The van der Waals surface area contributed by atoms with E-state index in [2.05, 4.69) is 0 Å². The number of thioether (sulfide) groups is 1. The van der Waals surface area contributed by atoms with Crippen molar-refractivity contribution in [2.75, 3.05) is 12.4 Å². The summed E-state index contributed by atoms with van der Waals surface area (Å²) in [5, 5.41) is 0. The van der Waals surface area contributed by atoms with Crippen LogP contribution in [0.5, 0.6) is 0 Å². The minimum Gasteiger partial charge on any atom is -0.463 e. The molecule has 4 rings (SSSR count). The Morgan fingerprint density at radius 2 is 1.31 bits per heavy atom. The van der Waals surface area contributed by atoms with Crippen molar-refractivity contribution in [1.29, 1.82) is 0 Å². The average Bonchev–Trinajstić information content (AvgIpc) is 2.97. The highest BCUT2D eigenvalue weighted by Gasteiger charge is 2.50. The van der Waals surface area contributed by atoms with Gasteiger partial charge in [-0.05, 0) is 29.0 Å². The Hall–Kier alpha value is -3.17. The van der Waals surface area contributed by atoms with Crippen molar-refractivity contribution in [3.05, 3.63) is 108 Å². The first kappa shape index (κ1) is 28.8. The highest BCUT2D eigenvalue weighted by molar-refractivity contribution is 7.99. The van der Waals surface area contributed by atoms with E-state index in [4.69, 9.17) is 23.7 Å². The first-order valence-corrected chi connectivity index (χ1v) is 14.1. The molecule has 0 spiro atoms. The van der Waals surface area contributed by atoms with Gasteiger partial charge in [-0.1, -0.05) is 85.8 Å². The molecule has 0 aromatic heterocycles. The summed E-state index contributed by atoms with van der Waals surface area (Å²) in [6.07, 6.45) is -2.79. The maximum atomic E-state index is 13.2. The van der Waals surface area contributed by atoms with E-state index in [1.807, 2.05) is 73.7 Å². The molecule has 0 bridgehead atoms. The molecule has 0 N–H and O–H groups in total. The zero-order valence-electron chi connectivity index (χ0n) is 22.1. The highest BCUT2D eigenvalue weighted by Crippen LogP contribution is 2.35. The van der Waals surface area contributed by atoms with Crippen LogP contribution in [-0.2, 0) is 41.7 Å². The van der Waals surface area contributed by atoms with Gasteiger partial charge in [-0.2, -0.15) is 0 Å². The molecule has 7 nitrogen and oxygen atoms in total. The summed E-state index contributed by atoms with van der Waals surface area (Å²) in [5.41, 5.74) is 1.81. The molecule has 8 heteroatoms. The van der Waals surface area contributed by atoms with Gasteiger partial charge in [-0.25, -0.2) is 4.79 Å². The van der Waals surface area contributed by atoms with E-state index < -0.39 is 41.8 Å². The molecular formula is C31H34O7S. The molecule has 1 fully saturated rings. The second-order valence-electron chi connectivity index (χ2n) is 9.06. The number of carbonyl (C=O) groups is 2. The quantitative estimate of drug-likeness (QED) is 0.277. The Morgan fingerprint density at radius 1 is 0.769 bits per heavy atom. The molecule has 1 heterocycles. The van der Waals surface area contributed by atoms with Crippen LogP contribution >= 0.6 is 11.8 Å². The number of esters is 2. The highest BCUT2D eigenvalue weighted by atomic mass is 32.2. The molecule has 0 aliphatic carbocycles. The van der Waals surface area contributed by atoms with Gasteiger partial charge in [0.25, 0.3) is 0 Å². The summed E-state index contributed by atoms with van der Waals surface area (Å²) >= 11 is 1.50. The maximum absolute atomic E-state index is 13.2. The second kappa shape index (κ2) is 14.8. The molecule has 3 aromatic rings. The van der Waals surface area contributed by atoms with E-state index in [0.717, 1.165) is 11.1 Å². The van der Waals surface area contributed by atoms with E-state index in [0.29, 0.717) is 11.3 Å². The largest absolute Gasteiger partial charge is 0.463 e. The van der Waals surface area contributed by atoms with Crippen LogP contribution < -0.4 is 0 Å². The van der Waals surface area contributed by atoms with Crippen LogP contribution in [0.3, 0.4) is 0 Å². The fraction of sp³-hybridized carbons (Fsp3) is 0.355. The van der Waals surface area contributed by atoms with Gasteiger partial charge in [0.2, 0.25) is 0 Å². The van der Waals surface area contributed by atoms with Gasteiger partial charge in [0.1, 0.15) is 30.4 Å². The Balaban J connectivity index is 1.66. The predicted molar refractivity (Wildman–Crippen MR) is 149 cm³/mol. The van der Waals surface area contributed by atoms with Gasteiger partial charge in [0.05, 0.1) is 18.8 Å². The maximum Gasteiger partial charge on any atom is 0.338 e. The first-order chi connectivity index (χ1) is 19.0. The summed E-state index contributed by atoms with van der Waals surface area (Å²) < 4.78 is 30.8. The number of benzene rings is 3. The van der Waals surface area contributed by atoms with Crippen molar-refractivity contribution in [3.8, 4) is 0 Å². The van der Waals surface area contributed by atoms with E-state index in [1.165, 1.54) is 18.7 Å². The number of rotatable bonds is 12. The van der Waals surface area contributed by atoms with Crippen LogP contribution in [0, 0.1) is 0 Å². The minimum atomic E-state index is -0.777. The first-order valence-electron chi connectivity index (χ1n) is 13.0. The topological polar surface area (TPSA) is 80.3 Å². The number of hydrogen-bond acceptors (Lipinski definition) is 8. The Labute approximate surface area is 233 Å². The van der Waals surface area contributed by atoms with Gasteiger partial charge in [-0.15, -0.1) is 11.8 Å². The second-order valence-corrected chi connectivity index (χ2v) is 10.4. The lowest BCUT2D eigenvalue weighted by Gasteiger charge is -2.45. The summed E-state index contributed by atoms with van der Waals surface area (Å²) in [6.45, 7) is 3.90. The Bertz CT molecular complexity index is 1160. The normalized spacial score (nSPS) is 22.7. The molecule has 0 saturated carbocycles. The molecule has 206 valence electrons. The average molecular weight is 551 g/mol. The van der Waals surface area contributed by atoms with Gasteiger partial charge in [0.15, 0.2) is 6.10 Å². The molecule has 5 atom stereocenters. The third-order valence-electron chi connectivity index (χ3n) is 6.20. The predicted octanol–water partition coefficient (Wildman–Crippen LogP) is 5.42. The van der Waals surface area contributed by atoms with E-state index in [-0.39, 0.29) is 19.8 Å². The summed E-state index contributed by atoms with van der Waals surface area (Å²) in [6, 6.07) is 28.4. The third-order valence-corrected chi connectivity index (χ3v) is 7.24. The lowest BCUT2D eigenvalue weighted by Crippen LogP contribution is -2.61. The molecule has 1 aliphatic rings. The summed E-state index contributed by atoms with van der Waals surface area (Å²) in [5.74, 6) is -0.176. The fourth-order valence-corrected chi connectivity index (χ4v) is 5.28. The van der Waals surface area contributed by atoms with Gasteiger partial charge >= 0.3 is 11.9 Å². The van der Waals surface area contributed by atoms with Crippen molar-refractivity contribution >= 4 is 23.7 Å². The monoisotopic (exact) mass is 550 g/mol. The van der Waals surface area contributed by atoms with Crippen LogP contribution in [0.25, 0.3) is 0 Å². The van der Waals surface area contributed by atoms with Crippen LogP contribution in [0.4, 0.5) is 0 Å². The molecule has 3 aromatic carbocycles. The molecule has 0 radical (unpaired) electrons. The van der Waals surface area contributed by atoms with Crippen molar-refractivity contribution in [3.63, 3.8) is 0 Å². The van der Waals surface area contributed by atoms with Gasteiger partial charge in [0, 0.05) is 6.92 Å². The Morgan fingerprint density at radius 3 is 1.85 bits per heavy atom. The molecule has 39 heavy (non-hydrogen) atoms. The van der Waals surface area contributed by atoms with Gasteiger partial charge in [-0.3, -0.25) is 4.79 Å². The van der Waals surface area contributed by atoms with Crippen molar-refractivity contribution < 1.29 is 33.3 Å². The number of ether oxygens (including phenoxy) is 5. The molecule has 1 saturated heterocycles. The van der Waals surface area contributed by atoms with Crippen LogP contribution in [0.1, 0.15) is 35.3 Å². The fourth-order valence-electron chi connectivity index (χ4n) is 4.33. The molecule has 0 unspecified atom stereocenters. The van der Waals surface area contributed by atoms with E-state index >= 15 is 0 Å². The molecular weight excluding hydrogens is 516 g/mol.